The second kappa shape index (κ2) is 29.7. The van der Waals surface area contributed by atoms with Gasteiger partial charge < -0.3 is 47.1 Å². The summed E-state index contributed by atoms with van der Waals surface area (Å²) in [5.74, 6) is -1.78. The van der Waals surface area contributed by atoms with Crippen LogP contribution in [0.5, 0.6) is 0 Å². The third kappa shape index (κ3) is 18.5. The van der Waals surface area contributed by atoms with E-state index in [-0.39, 0.29) is 61.7 Å². The van der Waals surface area contributed by atoms with Gasteiger partial charge in [0.1, 0.15) is 29.1 Å². The molecule has 0 saturated carbocycles. The number of allylic oxidation sites excluding steroid dienone is 3. The van der Waals surface area contributed by atoms with Crippen molar-refractivity contribution >= 4 is 49.8 Å². The molecule has 20 nitrogen and oxygen atoms in total. The van der Waals surface area contributed by atoms with E-state index in [0.717, 1.165) is 16.5 Å². The van der Waals surface area contributed by atoms with Gasteiger partial charge in [0.2, 0.25) is 5.36 Å². The number of imide groups is 1. The summed E-state index contributed by atoms with van der Waals surface area (Å²) in [4.78, 5) is 42.8. The fourth-order valence-corrected chi connectivity index (χ4v) is 9.18. The molecule has 1 unspecified atom stereocenters. The van der Waals surface area contributed by atoms with Gasteiger partial charge >= 0.3 is 35.5 Å². The Kier molecular flexibility index (Phi) is 25.0. The van der Waals surface area contributed by atoms with Crippen molar-refractivity contribution in [2.24, 2.45) is 0 Å². The molecule has 1 aromatic rings. The summed E-state index contributed by atoms with van der Waals surface area (Å²) >= 11 is 0. The van der Waals surface area contributed by atoms with Crippen molar-refractivity contribution in [2.75, 3.05) is 111 Å². The van der Waals surface area contributed by atoms with Gasteiger partial charge in [0, 0.05) is 68.5 Å². The van der Waals surface area contributed by atoms with Gasteiger partial charge in [0.15, 0.2) is 13.1 Å². The summed E-state index contributed by atoms with van der Waals surface area (Å²) < 4.78 is 111. The molecule has 2 amide bonds. The number of methoxy groups -OCH3 is 2. The summed E-state index contributed by atoms with van der Waals surface area (Å²) in [6, 6.07) is 11.8. The van der Waals surface area contributed by atoms with Crippen molar-refractivity contribution in [3.8, 4) is 11.3 Å². The van der Waals surface area contributed by atoms with Crippen molar-refractivity contribution in [2.45, 2.75) is 68.6 Å². The van der Waals surface area contributed by atoms with E-state index >= 15 is 0 Å². The number of rotatable bonds is 32. The average Bonchev–Trinajstić information content (AvgIpc) is 3.75. The number of carbonyl (C=O) groups is 3. The van der Waals surface area contributed by atoms with Crippen molar-refractivity contribution in [1.82, 2.24) is 9.64 Å². The first kappa shape index (κ1) is 59.7. The maximum atomic E-state index is 12.5. The zero-order valence-corrected chi connectivity index (χ0v) is 44.7. The largest absolute Gasteiger partial charge is 1.00 e. The second-order valence-electron chi connectivity index (χ2n) is 16.8. The minimum atomic E-state index is -4.87. The predicted molar refractivity (Wildman–Crippen MR) is 255 cm³/mol. The first-order valence-electron chi connectivity index (χ1n) is 23.2. The third-order valence-electron chi connectivity index (χ3n) is 11.8. The van der Waals surface area contributed by atoms with E-state index in [0.29, 0.717) is 133 Å². The van der Waals surface area contributed by atoms with Crippen LogP contribution >= 0.6 is 0 Å². The SMILES string of the molecule is COCCOCCOCC[N+](CCOCCOCCOC)=c1ccc2c(/C=C/C=C3/N(CCCCCC(=O)ON4C(=O)CCC4=O)c4ccc(S(=O)(=O)[O-])cc4C3(C)CCCS(=O)(=O)O)ccoc-2c1.[Na+]. The first-order valence-corrected chi connectivity index (χ1v) is 26.2. The van der Waals surface area contributed by atoms with Crippen molar-refractivity contribution < 1.29 is 108 Å². The molecule has 1 N–H and O–H groups in total. The Morgan fingerprint density at radius 1 is 0.817 bits per heavy atom. The Morgan fingerprint density at radius 3 is 2.04 bits per heavy atom. The molecular weight excluding hydrogens is 978 g/mol. The van der Waals surface area contributed by atoms with Crippen LogP contribution < -0.4 is 44.4 Å². The van der Waals surface area contributed by atoms with E-state index in [1.165, 1.54) is 12.1 Å². The average molecular weight is 1040 g/mol. The molecule has 1 aromatic carbocycles. The van der Waals surface area contributed by atoms with Crippen molar-refractivity contribution in [1.29, 1.82) is 0 Å². The quantitative estimate of drug-likeness (QED) is 0.0300. The fraction of sp³-hybridized carbons (Fsp3) is 0.542. The Hall–Kier alpha value is -3.88. The number of carbonyl (C=O) groups excluding carboxylic acids is 3. The molecule has 23 heteroatoms. The molecule has 0 spiro atoms. The van der Waals surface area contributed by atoms with Crippen molar-refractivity contribution in [3.05, 3.63) is 83.1 Å². The van der Waals surface area contributed by atoms with Gasteiger partial charge in [0.05, 0.1) is 75.8 Å². The molecule has 0 radical (unpaired) electrons. The number of nitrogens with zero attached hydrogens (tertiary/aromatic N) is 3. The summed E-state index contributed by atoms with van der Waals surface area (Å²) in [6.07, 6.45) is 8.67. The minimum absolute atomic E-state index is 0. The third-order valence-corrected chi connectivity index (χ3v) is 13.4. The topological polar surface area (TPSA) is 250 Å². The Morgan fingerprint density at radius 2 is 1.44 bits per heavy atom. The molecule has 386 valence electrons. The molecule has 1 saturated heterocycles. The number of fused-ring (bicyclic) bond motifs is 2. The minimum Gasteiger partial charge on any atom is -0.744 e. The predicted octanol–water partition coefficient (Wildman–Crippen LogP) is 0.935. The van der Waals surface area contributed by atoms with Crippen LogP contribution in [0, 0.1) is 0 Å². The summed E-state index contributed by atoms with van der Waals surface area (Å²) in [5.41, 5.74) is 2.36. The number of ether oxygens (including phenoxy) is 6. The molecule has 0 aromatic heterocycles. The molecule has 0 bridgehead atoms. The maximum Gasteiger partial charge on any atom is 1.00 e. The van der Waals surface area contributed by atoms with Crippen LogP contribution in [0.25, 0.3) is 17.4 Å². The molecular formula is C48H65N3NaO17S2+. The van der Waals surface area contributed by atoms with Crippen LogP contribution in [0.4, 0.5) is 5.69 Å². The van der Waals surface area contributed by atoms with Crippen LogP contribution in [0.2, 0.25) is 0 Å². The summed E-state index contributed by atoms with van der Waals surface area (Å²) in [5, 5.41) is 1.39. The van der Waals surface area contributed by atoms with Gasteiger partial charge in [-0.05, 0) is 80.1 Å². The number of anilines is 1. The van der Waals surface area contributed by atoms with Crippen LogP contribution in [-0.2, 0) is 73.3 Å². The normalized spacial score (nSPS) is 16.7. The zero-order valence-electron chi connectivity index (χ0n) is 41.0. The first-order chi connectivity index (χ1) is 33.6. The number of hydroxylamine groups is 2. The Labute approximate surface area is 438 Å². The maximum absolute atomic E-state index is 12.5. The molecule has 3 heterocycles. The van der Waals surface area contributed by atoms with Crippen LogP contribution in [0.15, 0.2) is 75.9 Å². The van der Waals surface area contributed by atoms with Gasteiger partial charge in [-0.3, -0.25) is 14.1 Å². The van der Waals surface area contributed by atoms with Gasteiger partial charge in [-0.2, -0.15) is 8.42 Å². The van der Waals surface area contributed by atoms with Gasteiger partial charge in [-0.1, -0.05) is 18.6 Å². The number of amides is 2. The number of benzene rings is 2. The van der Waals surface area contributed by atoms with Crippen molar-refractivity contribution in [3.63, 3.8) is 0 Å². The van der Waals surface area contributed by atoms with Crippen LogP contribution in [0.1, 0.15) is 69.4 Å². The molecule has 1 atom stereocenters. The second-order valence-corrected chi connectivity index (χ2v) is 19.7. The summed E-state index contributed by atoms with van der Waals surface area (Å²) in [7, 11) is -5.98. The monoisotopic (exact) mass is 1040 g/mol. The molecule has 3 aliphatic heterocycles. The number of unbranched alkanes of at least 4 members (excludes halogenated alkanes) is 2. The van der Waals surface area contributed by atoms with E-state index in [1.807, 2.05) is 54.3 Å². The molecule has 71 heavy (non-hydrogen) atoms. The van der Waals surface area contributed by atoms with E-state index in [9.17, 15) is 40.3 Å². The number of hydrogen-bond donors (Lipinski definition) is 1. The summed E-state index contributed by atoms with van der Waals surface area (Å²) in [6.45, 7) is 7.91. The molecule has 1 fully saturated rings. The standard InChI is InChI=1S/C48H65N3O17S2.Na/c1-48(19-8-34-69(55,56)57)41-36-39(70(58,59)60)13-15-42(41)50(20-6-4-5-11-47(54)68-51-45(52)16-17-46(51)53)44(48)10-7-9-37-18-23-67-43-35-38(12-14-40(37)43)49(21-24-63-30-32-65-28-26-61-2)22-25-64-31-33-66-29-27-62-3;/h7,9-10,12-15,18,23,35-36H,4-6,8,11,16-17,19-22,24-34H2,1-3H3,(H-,55,56,57,58,59,60);/q;+1. The molecule has 4 aliphatic rings. The van der Waals surface area contributed by atoms with E-state index < -0.39 is 54.1 Å². The number of hydrogen-bond acceptors (Lipinski definition) is 17. The van der Waals surface area contributed by atoms with Crippen LogP contribution in [0.3, 0.4) is 0 Å². The van der Waals surface area contributed by atoms with E-state index in [2.05, 4.69) is 4.58 Å². The van der Waals surface area contributed by atoms with Gasteiger partial charge in [-0.25, -0.2) is 17.8 Å². The molecule has 5 rings (SSSR count). The Bertz CT molecular complexity index is 2510. The molecule has 1 aliphatic carbocycles. The van der Waals surface area contributed by atoms with Gasteiger partial charge in [-0.15, -0.1) is 5.06 Å². The van der Waals surface area contributed by atoms with Crippen LogP contribution in [-0.4, -0.2) is 154 Å². The fourth-order valence-electron chi connectivity index (χ4n) is 8.17. The van der Waals surface area contributed by atoms with E-state index in [1.54, 1.807) is 26.5 Å². The smallest absolute Gasteiger partial charge is 0.744 e. The Balaban J connectivity index is 0.0000110. The van der Waals surface area contributed by atoms with E-state index in [4.69, 9.17) is 37.7 Å². The van der Waals surface area contributed by atoms with Gasteiger partial charge in [0.25, 0.3) is 21.9 Å². The zero-order chi connectivity index (χ0) is 50.6.